The van der Waals surface area contributed by atoms with Crippen LogP contribution in [0.4, 0.5) is 5.95 Å². The zero-order valence-electron chi connectivity index (χ0n) is 10.6. The normalized spacial score (nSPS) is 18.1. The van der Waals surface area contributed by atoms with Crippen molar-refractivity contribution in [3.05, 3.63) is 30.5 Å². The lowest BCUT2D eigenvalue weighted by Gasteiger charge is -2.29. The van der Waals surface area contributed by atoms with Gasteiger partial charge in [-0.05, 0) is 39.0 Å². The molecule has 2 aromatic rings. The van der Waals surface area contributed by atoms with Crippen LogP contribution in [0.3, 0.4) is 0 Å². The van der Waals surface area contributed by atoms with Crippen LogP contribution >= 0.6 is 0 Å². The summed E-state index contributed by atoms with van der Waals surface area (Å²) in [4.78, 5) is 11.3. The number of fused-ring (bicyclic) bond motifs is 1. The molecule has 0 unspecified atom stereocenters. The second-order valence-corrected chi connectivity index (χ2v) is 4.97. The Hall–Kier alpha value is -1.68. The minimum atomic E-state index is 0.502. The number of piperidine rings is 1. The van der Waals surface area contributed by atoms with E-state index in [-0.39, 0.29) is 0 Å². The Kier molecular flexibility index (Phi) is 3.11. The summed E-state index contributed by atoms with van der Waals surface area (Å²) in [5.41, 5.74) is 1.00. The number of likely N-dealkylation sites (tertiary alicyclic amines) is 1. The number of benzene rings is 1. The highest BCUT2D eigenvalue weighted by Gasteiger charge is 2.17. The number of hydrogen-bond acceptors (Lipinski definition) is 4. The molecule has 0 spiro atoms. The highest BCUT2D eigenvalue weighted by Crippen LogP contribution is 2.15. The van der Waals surface area contributed by atoms with Crippen LogP contribution in [0.15, 0.2) is 30.5 Å². The lowest BCUT2D eigenvalue weighted by atomic mass is 10.1. The van der Waals surface area contributed by atoms with Gasteiger partial charge in [-0.3, -0.25) is 0 Å². The van der Waals surface area contributed by atoms with E-state index in [2.05, 4.69) is 27.2 Å². The van der Waals surface area contributed by atoms with E-state index in [0.717, 1.165) is 42.8 Å². The van der Waals surface area contributed by atoms with Gasteiger partial charge >= 0.3 is 0 Å². The van der Waals surface area contributed by atoms with Gasteiger partial charge in [0.05, 0.1) is 5.52 Å². The molecule has 0 radical (unpaired) electrons. The second kappa shape index (κ2) is 4.90. The van der Waals surface area contributed by atoms with Crippen molar-refractivity contribution in [1.82, 2.24) is 14.9 Å². The summed E-state index contributed by atoms with van der Waals surface area (Å²) < 4.78 is 0. The number of rotatable bonds is 2. The summed E-state index contributed by atoms with van der Waals surface area (Å²) in [7, 11) is 2.17. The molecule has 18 heavy (non-hydrogen) atoms. The van der Waals surface area contributed by atoms with Gasteiger partial charge in [0.2, 0.25) is 5.95 Å². The molecular formula is C14H18N4. The average Bonchev–Trinajstić information content (AvgIpc) is 2.41. The SMILES string of the molecule is CN1CCC(Nc2ncc3ccccc3n2)CC1. The van der Waals surface area contributed by atoms with Crippen LogP contribution in [0.5, 0.6) is 0 Å². The molecule has 4 heteroatoms. The number of nitrogens with one attached hydrogen (secondary N) is 1. The number of anilines is 1. The fourth-order valence-electron chi connectivity index (χ4n) is 2.38. The van der Waals surface area contributed by atoms with Gasteiger partial charge in [-0.15, -0.1) is 0 Å². The molecule has 1 saturated heterocycles. The summed E-state index contributed by atoms with van der Waals surface area (Å²) >= 11 is 0. The topological polar surface area (TPSA) is 41.0 Å². The Morgan fingerprint density at radius 2 is 2.00 bits per heavy atom. The lowest BCUT2D eigenvalue weighted by Crippen LogP contribution is -2.37. The third kappa shape index (κ3) is 2.43. The largest absolute Gasteiger partial charge is 0.351 e. The van der Waals surface area contributed by atoms with Gasteiger partial charge in [0, 0.05) is 17.6 Å². The maximum Gasteiger partial charge on any atom is 0.223 e. The highest BCUT2D eigenvalue weighted by atomic mass is 15.2. The van der Waals surface area contributed by atoms with Gasteiger partial charge in [0.15, 0.2) is 0 Å². The molecule has 94 valence electrons. The van der Waals surface area contributed by atoms with Crippen molar-refractivity contribution < 1.29 is 0 Å². The summed E-state index contributed by atoms with van der Waals surface area (Å²) in [6.07, 6.45) is 4.21. The van der Waals surface area contributed by atoms with Crippen LogP contribution in [-0.2, 0) is 0 Å². The quantitative estimate of drug-likeness (QED) is 0.876. The Bertz CT molecular complexity index is 532. The molecule has 0 atom stereocenters. The fraction of sp³-hybridized carbons (Fsp3) is 0.429. The van der Waals surface area contributed by atoms with Gasteiger partial charge in [-0.2, -0.15) is 0 Å². The van der Waals surface area contributed by atoms with E-state index < -0.39 is 0 Å². The molecule has 1 aromatic heterocycles. The maximum absolute atomic E-state index is 4.55. The monoisotopic (exact) mass is 242 g/mol. The third-order valence-corrected chi connectivity index (χ3v) is 3.54. The van der Waals surface area contributed by atoms with Gasteiger partial charge in [-0.25, -0.2) is 9.97 Å². The first-order valence-corrected chi connectivity index (χ1v) is 6.48. The lowest BCUT2D eigenvalue weighted by molar-refractivity contribution is 0.263. The molecule has 0 saturated carbocycles. The van der Waals surface area contributed by atoms with E-state index in [1.54, 1.807) is 0 Å². The maximum atomic E-state index is 4.55. The van der Waals surface area contributed by atoms with E-state index in [4.69, 9.17) is 0 Å². The molecule has 0 aliphatic carbocycles. The summed E-state index contributed by atoms with van der Waals surface area (Å²) in [5, 5.41) is 4.53. The molecule has 0 bridgehead atoms. The molecule has 1 N–H and O–H groups in total. The van der Waals surface area contributed by atoms with Crippen LogP contribution in [0.25, 0.3) is 10.9 Å². The molecule has 1 fully saturated rings. The molecule has 1 aliphatic rings. The van der Waals surface area contributed by atoms with Gasteiger partial charge < -0.3 is 10.2 Å². The van der Waals surface area contributed by atoms with Crippen molar-refractivity contribution in [3.8, 4) is 0 Å². The second-order valence-electron chi connectivity index (χ2n) is 4.97. The van der Waals surface area contributed by atoms with Crippen molar-refractivity contribution in [2.24, 2.45) is 0 Å². The molecule has 3 rings (SSSR count). The van der Waals surface area contributed by atoms with E-state index >= 15 is 0 Å². The Labute approximate surface area is 107 Å². The van der Waals surface area contributed by atoms with Crippen molar-refractivity contribution in [2.45, 2.75) is 18.9 Å². The van der Waals surface area contributed by atoms with E-state index in [0.29, 0.717) is 6.04 Å². The first kappa shape index (κ1) is 11.4. The van der Waals surface area contributed by atoms with Gasteiger partial charge in [0.1, 0.15) is 0 Å². The number of nitrogens with zero attached hydrogens (tertiary/aromatic N) is 3. The summed E-state index contributed by atoms with van der Waals surface area (Å²) in [6.45, 7) is 2.29. The van der Waals surface area contributed by atoms with Crippen molar-refractivity contribution in [1.29, 1.82) is 0 Å². The standard InChI is InChI=1S/C14H18N4/c1-18-8-6-12(7-9-18)16-14-15-10-11-4-2-3-5-13(11)17-14/h2-5,10,12H,6-9H2,1H3,(H,15,16,17). The minimum absolute atomic E-state index is 0.502. The Morgan fingerprint density at radius 1 is 1.22 bits per heavy atom. The minimum Gasteiger partial charge on any atom is -0.351 e. The van der Waals surface area contributed by atoms with Gasteiger partial charge in [-0.1, -0.05) is 18.2 Å². The zero-order chi connectivity index (χ0) is 12.4. The van der Waals surface area contributed by atoms with Crippen LogP contribution in [-0.4, -0.2) is 41.0 Å². The smallest absolute Gasteiger partial charge is 0.223 e. The fourth-order valence-corrected chi connectivity index (χ4v) is 2.38. The Balaban J connectivity index is 1.74. The van der Waals surface area contributed by atoms with Crippen LogP contribution in [0, 0.1) is 0 Å². The predicted octanol–water partition coefficient (Wildman–Crippen LogP) is 2.14. The van der Waals surface area contributed by atoms with Crippen LogP contribution in [0.2, 0.25) is 0 Å². The summed E-state index contributed by atoms with van der Waals surface area (Å²) in [6, 6.07) is 8.58. The van der Waals surface area contributed by atoms with Gasteiger partial charge in [0.25, 0.3) is 0 Å². The predicted molar refractivity (Wildman–Crippen MR) is 73.7 cm³/mol. The van der Waals surface area contributed by atoms with Crippen LogP contribution < -0.4 is 5.32 Å². The number of hydrogen-bond donors (Lipinski definition) is 1. The average molecular weight is 242 g/mol. The van der Waals surface area contributed by atoms with E-state index in [1.165, 1.54) is 0 Å². The summed E-state index contributed by atoms with van der Waals surface area (Å²) in [5.74, 6) is 0.753. The first-order chi connectivity index (χ1) is 8.81. The molecule has 4 nitrogen and oxygen atoms in total. The third-order valence-electron chi connectivity index (χ3n) is 3.54. The van der Waals surface area contributed by atoms with Crippen molar-refractivity contribution >= 4 is 16.9 Å². The first-order valence-electron chi connectivity index (χ1n) is 6.48. The molecule has 2 heterocycles. The zero-order valence-corrected chi connectivity index (χ0v) is 10.6. The molecule has 1 aromatic carbocycles. The number of para-hydroxylation sites is 1. The van der Waals surface area contributed by atoms with E-state index in [9.17, 15) is 0 Å². The van der Waals surface area contributed by atoms with Crippen molar-refractivity contribution in [3.63, 3.8) is 0 Å². The van der Waals surface area contributed by atoms with Crippen molar-refractivity contribution in [2.75, 3.05) is 25.5 Å². The van der Waals surface area contributed by atoms with Crippen LogP contribution in [0.1, 0.15) is 12.8 Å². The number of aromatic nitrogens is 2. The molecule has 1 aliphatic heterocycles. The molecular weight excluding hydrogens is 224 g/mol. The Morgan fingerprint density at radius 3 is 2.83 bits per heavy atom. The van der Waals surface area contributed by atoms with E-state index in [1.807, 2.05) is 30.5 Å². The molecule has 0 amide bonds. The highest BCUT2D eigenvalue weighted by molar-refractivity contribution is 5.78.